The molecule has 42 heavy (non-hydrogen) atoms. The largest absolute Gasteiger partial charge is 0.493 e. The number of hydrogen-bond acceptors (Lipinski definition) is 6. The van der Waals surface area contributed by atoms with Crippen LogP contribution in [0.1, 0.15) is 32.6 Å². The lowest BCUT2D eigenvalue weighted by Gasteiger charge is -2.22. The summed E-state index contributed by atoms with van der Waals surface area (Å²) >= 11 is 9.47. The van der Waals surface area contributed by atoms with Crippen molar-refractivity contribution in [1.29, 1.82) is 0 Å². The first kappa shape index (κ1) is 31.1. The number of ether oxygens (including phenoxy) is 2. The Balaban J connectivity index is 1.41. The molecule has 4 aromatic rings. The highest BCUT2D eigenvalue weighted by molar-refractivity contribution is 9.10. The second-order valence-electron chi connectivity index (χ2n) is 9.45. The number of hydrazone groups is 1. The van der Waals surface area contributed by atoms with Gasteiger partial charge in [-0.2, -0.15) is 5.10 Å². The number of hydrogen-bond donors (Lipinski definition) is 1. The van der Waals surface area contributed by atoms with Gasteiger partial charge in [0.15, 0.2) is 11.5 Å². The molecule has 0 aliphatic heterocycles. The molecule has 0 bridgehead atoms. The van der Waals surface area contributed by atoms with Crippen molar-refractivity contribution in [2.45, 2.75) is 20.1 Å². The third kappa shape index (κ3) is 8.34. The van der Waals surface area contributed by atoms with Crippen molar-refractivity contribution in [3.05, 3.63) is 122 Å². The van der Waals surface area contributed by atoms with Crippen molar-refractivity contribution in [2.75, 3.05) is 17.7 Å². The van der Waals surface area contributed by atoms with Gasteiger partial charge >= 0.3 is 0 Å². The number of carbonyl (C=O) groups excluding carboxylic acids is 1. The summed E-state index contributed by atoms with van der Waals surface area (Å²) in [5.74, 6) is 0.609. The molecule has 4 aromatic carbocycles. The van der Waals surface area contributed by atoms with Gasteiger partial charge < -0.3 is 9.47 Å². The minimum absolute atomic E-state index is 0.126. The highest BCUT2D eigenvalue weighted by atomic mass is 79.9. The van der Waals surface area contributed by atoms with Crippen LogP contribution >= 0.6 is 27.5 Å². The van der Waals surface area contributed by atoms with Crippen LogP contribution < -0.4 is 19.2 Å². The van der Waals surface area contributed by atoms with Crippen LogP contribution in [0.2, 0.25) is 5.02 Å². The molecule has 0 heterocycles. The first-order valence-corrected chi connectivity index (χ1v) is 15.8. The van der Waals surface area contributed by atoms with Crippen molar-refractivity contribution >= 4 is 55.4 Å². The van der Waals surface area contributed by atoms with Gasteiger partial charge in [0, 0.05) is 10.6 Å². The first-order chi connectivity index (χ1) is 20.0. The van der Waals surface area contributed by atoms with E-state index in [4.69, 9.17) is 21.1 Å². The Labute approximate surface area is 259 Å². The maximum atomic E-state index is 12.7. The van der Waals surface area contributed by atoms with E-state index in [0.717, 1.165) is 17.4 Å². The number of sulfonamides is 1. The van der Waals surface area contributed by atoms with Gasteiger partial charge in [0.1, 0.15) is 6.61 Å². The van der Waals surface area contributed by atoms with Crippen molar-refractivity contribution in [3.8, 4) is 11.5 Å². The molecule has 0 aromatic heterocycles. The number of nitrogens with zero attached hydrogens (tertiary/aromatic N) is 2. The van der Waals surface area contributed by atoms with Crippen LogP contribution in [-0.4, -0.2) is 33.9 Å². The predicted octanol–water partition coefficient (Wildman–Crippen LogP) is 6.73. The number of anilines is 1. The second-order valence-corrected chi connectivity index (χ2v) is 12.6. The molecule has 8 nitrogen and oxygen atoms in total. The molecule has 0 saturated heterocycles. The van der Waals surface area contributed by atoms with E-state index in [1.54, 1.807) is 67.8 Å². The van der Waals surface area contributed by atoms with Crippen LogP contribution in [0.4, 0.5) is 5.69 Å². The third-order valence-electron chi connectivity index (χ3n) is 6.19. The summed E-state index contributed by atoms with van der Waals surface area (Å²) in [6.07, 6.45) is 2.62. The SMILES string of the molecule is COc1cc(/C=N\NC(=O)c2ccc(N(Cc3ccc(Cl)cc3)S(C)(=O)=O)cc2)cc(Br)c1OCc1ccc(C)cc1. The number of nitrogens with one attached hydrogen (secondary N) is 1. The molecule has 1 amide bonds. The fourth-order valence-electron chi connectivity index (χ4n) is 3.96. The van der Waals surface area contributed by atoms with Crippen LogP contribution in [0.15, 0.2) is 94.5 Å². The zero-order valence-corrected chi connectivity index (χ0v) is 26.3. The Bertz CT molecular complexity index is 1680. The number of benzene rings is 4. The summed E-state index contributed by atoms with van der Waals surface area (Å²) < 4.78 is 38.4. The summed E-state index contributed by atoms with van der Waals surface area (Å²) in [6, 6.07) is 24.8. The smallest absolute Gasteiger partial charge is 0.271 e. The van der Waals surface area contributed by atoms with Gasteiger partial charge in [-0.05, 0) is 88.1 Å². The first-order valence-electron chi connectivity index (χ1n) is 12.7. The topological polar surface area (TPSA) is 97.3 Å². The molecular weight excluding hydrogens is 642 g/mol. The van der Waals surface area contributed by atoms with Crippen molar-refractivity contribution in [1.82, 2.24) is 5.43 Å². The molecule has 0 aliphatic carbocycles. The predicted molar refractivity (Wildman–Crippen MR) is 170 cm³/mol. The van der Waals surface area contributed by atoms with Crippen LogP contribution in [0.25, 0.3) is 0 Å². The summed E-state index contributed by atoms with van der Waals surface area (Å²) in [4.78, 5) is 12.7. The molecule has 11 heteroatoms. The van der Waals surface area contributed by atoms with E-state index < -0.39 is 15.9 Å². The van der Waals surface area contributed by atoms with Crippen LogP contribution in [0.3, 0.4) is 0 Å². The fourth-order valence-corrected chi connectivity index (χ4v) is 5.55. The zero-order chi connectivity index (χ0) is 30.3. The number of halogens is 2. The normalized spacial score (nSPS) is 11.4. The maximum absolute atomic E-state index is 12.7. The van der Waals surface area contributed by atoms with Gasteiger partial charge in [-0.1, -0.05) is 53.6 Å². The van der Waals surface area contributed by atoms with Crippen LogP contribution in [-0.2, 0) is 23.2 Å². The number of rotatable bonds is 11. The lowest BCUT2D eigenvalue weighted by atomic mass is 10.1. The van der Waals surface area contributed by atoms with Crippen molar-refractivity contribution in [3.63, 3.8) is 0 Å². The quantitative estimate of drug-likeness (QED) is 0.141. The van der Waals surface area contributed by atoms with E-state index >= 15 is 0 Å². The molecule has 1 N–H and O–H groups in total. The Kier molecular flexibility index (Phi) is 10.3. The number of methoxy groups -OCH3 is 1. The van der Waals surface area contributed by atoms with E-state index in [-0.39, 0.29) is 6.54 Å². The van der Waals surface area contributed by atoms with Gasteiger partial charge in [0.05, 0.1) is 36.3 Å². The Morgan fingerprint density at radius 2 is 1.64 bits per heavy atom. The molecule has 0 radical (unpaired) electrons. The standard InChI is InChI=1S/C31H29BrClN3O5S/c1-21-4-6-23(7-5-21)20-41-30-28(32)16-24(17-29(30)40-2)18-34-35-31(37)25-10-14-27(15-11-25)36(42(3,38)39)19-22-8-12-26(33)13-9-22/h4-18H,19-20H2,1-3H3,(H,35,37)/b34-18-. The van der Waals surface area contributed by atoms with E-state index in [1.165, 1.54) is 16.1 Å². The van der Waals surface area contributed by atoms with E-state index in [9.17, 15) is 13.2 Å². The summed E-state index contributed by atoms with van der Waals surface area (Å²) in [6.45, 7) is 2.53. The molecule has 0 unspecified atom stereocenters. The van der Waals surface area contributed by atoms with Crippen molar-refractivity contribution < 1.29 is 22.7 Å². The zero-order valence-electron chi connectivity index (χ0n) is 23.2. The highest BCUT2D eigenvalue weighted by Crippen LogP contribution is 2.37. The van der Waals surface area contributed by atoms with E-state index in [1.807, 2.05) is 31.2 Å². The minimum Gasteiger partial charge on any atom is -0.493 e. The lowest BCUT2D eigenvalue weighted by Crippen LogP contribution is -2.29. The molecular formula is C31H29BrClN3O5S. The van der Waals surface area contributed by atoms with Gasteiger partial charge in [-0.3, -0.25) is 9.10 Å². The van der Waals surface area contributed by atoms with Crippen molar-refractivity contribution in [2.24, 2.45) is 5.10 Å². The lowest BCUT2D eigenvalue weighted by molar-refractivity contribution is 0.0955. The molecule has 0 saturated carbocycles. The fraction of sp³-hybridized carbons (Fsp3) is 0.161. The number of aryl methyl sites for hydroxylation is 1. The monoisotopic (exact) mass is 669 g/mol. The molecule has 0 spiro atoms. The summed E-state index contributed by atoms with van der Waals surface area (Å²) in [5, 5.41) is 4.63. The summed E-state index contributed by atoms with van der Waals surface area (Å²) in [7, 11) is -2.03. The maximum Gasteiger partial charge on any atom is 0.271 e. The second kappa shape index (κ2) is 13.9. The average molecular weight is 671 g/mol. The molecule has 4 rings (SSSR count). The minimum atomic E-state index is -3.58. The van der Waals surface area contributed by atoms with Gasteiger partial charge in [-0.15, -0.1) is 0 Å². The van der Waals surface area contributed by atoms with Gasteiger partial charge in [0.25, 0.3) is 5.91 Å². The van der Waals surface area contributed by atoms with E-state index in [0.29, 0.717) is 44.4 Å². The molecule has 0 fully saturated rings. The highest BCUT2D eigenvalue weighted by Gasteiger charge is 2.19. The molecule has 0 aliphatic rings. The summed E-state index contributed by atoms with van der Waals surface area (Å²) in [5.41, 5.74) is 6.88. The average Bonchev–Trinajstić information content (AvgIpc) is 2.96. The Morgan fingerprint density at radius 3 is 2.26 bits per heavy atom. The number of carbonyl (C=O) groups is 1. The number of amides is 1. The van der Waals surface area contributed by atoms with Crippen LogP contribution in [0, 0.1) is 6.92 Å². The van der Waals surface area contributed by atoms with Gasteiger partial charge in [0.2, 0.25) is 10.0 Å². The van der Waals surface area contributed by atoms with E-state index in [2.05, 4.69) is 26.5 Å². The molecule has 0 atom stereocenters. The van der Waals surface area contributed by atoms with Gasteiger partial charge in [-0.25, -0.2) is 13.8 Å². The third-order valence-corrected chi connectivity index (χ3v) is 8.17. The Morgan fingerprint density at radius 1 is 1.00 bits per heavy atom. The Hall–Kier alpha value is -3.86. The van der Waals surface area contributed by atoms with Crippen LogP contribution in [0.5, 0.6) is 11.5 Å². The molecule has 218 valence electrons.